The summed E-state index contributed by atoms with van der Waals surface area (Å²) in [4.78, 5) is 24.9. The Morgan fingerprint density at radius 2 is 1.53 bits per heavy atom. The van der Waals surface area contributed by atoms with Gasteiger partial charge in [0.15, 0.2) is 11.5 Å². The first-order chi connectivity index (χ1) is 18.0. The Kier molecular flexibility index (Phi) is 7.63. The van der Waals surface area contributed by atoms with Crippen LogP contribution in [0.2, 0.25) is 0 Å². The lowest BCUT2D eigenvalue weighted by Gasteiger charge is -2.22. The molecule has 4 rings (SSSR count). The molecule has 10 heteroatoms. The number of aromatic carboxylic acids is 1. The summed E-state index contributed by atoms with van der Waals surface area (Å²) in [6.45, 7) is 7.72. The predicted molar refractivity (Wildman–Crippen MR) is 139 cm³/mol. The summed E-state index contributed by atoms with van der Waals surface area (Å²) < 4.78 is 45.2. The van der Waals surface area contributed by atoms with Gasteiger partial charge >= 0.3 is 5.97 Å². The normalized spacial score (nSPS) is 13.4. The molecule has 1 aliphatic rings. The van der Waals surface area contributed by atoms with Crippen LogP contribution in [-0.4, -0.2) is 32.2 Å². The number of carbonyl (C=O) groups is 2. The Balaban J connectivity index is 1.70. The molecule has 0 radical (unpaired) electrons. The van der Waals surface area contributed by atoms with Gasteiger partial charge in [0.25, 0.3) is 15.9 Å². The molecule has 1 aliphatic heterocycles. The van der Waals surface area contributed by atoms with E-state index in [0.29, 0.717) is 22.6 Å². The Labute approximate surface area is 221 Å². The Morgan fingerprint density at radius 1 is 0.868 bits per heavy atom. The number of benzene rings is 3. The first-order valence-electron chi connectivity index (χ1n) is 12.1. The van der Waals surface area contributed by atoms with Gasteiger partial charge in [-0.2, -0.15) is 0 Å². The van der Waals surface area contributed by atoms with E-state index in [1.807, 2.05) is 27.7 Å². The second kappa shape index (κ2) is 10.7. The topological polar surface area (TPSA) is 128 Å². The summed E-state index contributed by atoms with van der Waals surface area (Å²) in [5, 5.41) is 9.41. The minimum absolute atomic E-state index is 0.0193. The zero-order valence-corrected chi connectivity index (χ0v) is 22.2. The van der Waals surface area contributed by atoms with Crippen LogP contribution in [0.25, 0.3) is 0 Å². The number of hydrogen-bond donors (Lipinski definition) is 2. The summed E-state index contributed by atoms with van der Waals surface area (Å²) in [6, 6.07) is 15.4. The van der Waals surface area contributed by atoms with Gasteiger partial charge < -0.3 is 19.3 Å². The van der Waals surface area contributed by atoms with Crippen LogP contribution in [0.3, 0.4) is 0 Å². The van der Waals surface area contributed by atoms with Crippen LogP contribution in [0.4, 0.5) is 0 Å². The molecule has 3 aromatic carbocycles. The van der Waals surface area contributed by atoms with Gasteiger partial charge in [0.1, 0.15) is 5.75 Å². The summed E-state index contributed by atoms with van der Waals surface area (Å²) in [6.07, 6.45) is -1.40. The SMILES string of the molecule is CC(C)c1ccc(S(=O)(=O)NC(=O)C(Oc2ccc(C(=O)O)cc2C(C)C)c2ccc3c(c2)OCO3)cc1. The standard InChI is InChI=1S/C28H29NO8S/c1-16(2)18-5-9-21(10-6-18)38(33,34)29-27(30)26(19-7-12-24-25(14-19)36-15-35-24)37-23-11-8-20(28(31)32)13-22(23)17(3)4/h5-14,16-17,26H,15H2,1-4H3,(H,29,30)(H,31,32). The Morgan fingerprint density at radius 3 is 2.16 bits per heavy atom. The monoisotopic (exact) mass is 539 g/mol. The van der Waals surface area contributed by atoms with E-state index in [-0.39, 0.29) is 34.8 Å². The molecule has 0 saturated heterocycles. The number of rotatable bonds is 9. The third kappa shape index (κ3) is 5.75. The van der Waals surface area contributed by atoms with E-state index in [2.05, 4.69) is 4.72 Å². The molecule has 9 nitrogen and oxygen atoms in total. The molecule has 0 fully saturated rings. The molecule has 1 atom stereocenters. The molecule has 0 saturated carbocycles. The Hall–Kier alpha value is -4.05. The number of fused-ring (bicyclic) bond motifs is 1. The van der Waals surface area contributed by atoms with Gasteiger partial charge in [0.2, 0.25) is 12.9 Å². The first-order valence-corrected chi connectivity index (χ1v) is 13.5. The minimum Gasteiger partial charge on any atom is -0.478 e. The number of hydrogen-bond acceptors (Lipinski definition) is 7. The number of nitrogens with one attached hydrogen (secondary N) is 1. The molecule has 0 spiro atoms. The van der Waals surface area contributed by atoms with E-state index < -0.39 is 28.0 Å². The van der Waals surface area contributed by atoms with E-state index in [4.69, 9.17) is 14.2 Å². The molecule has 3 aromatic rings. The highest BCUT2D eigenvalue weighted by Gasteiger charge is 2.30. The van der Waals surface area contributed by atoms with Gasteiger partial charge in [-0.15, -0.1) is 0 Å². The van der Waals surface area contributed by atoms with Crippen molar-refractivity contribution in [3.63, 3.8) is 0 Å². The molecule has 1 amide bonds. The number of sulfonamides is 1. The summed E-state index contributed by atoms with van der Waals surface area (Å²) in [5.41, 5.74) is 1.91. The molecular weight excluding hydrogens is 510 g/mol. The van der Waals surface area contributed by atoms with Crippen LogP contribution in [0, 0.1) is 0 Å². The number of ether oxygens (including phenoxy) is 3. The van der Waals surface area contributed by atoms with E-state index >= 15 is 0 Å². The zero-order valence-electron chi connectivity index (χ0n) is 21.4. The number of carboxylic acid groups (broad SMARTS) is 1. The van der Waals surface area contributed by atoms with Gasteiger partial charge in [-0.05, 0) is 65.4 Å². The van der Waals surface area contributed by atoms with Crippen LogP contribution < -0.4 is 18.9 Å². The quantitative estimate of drug-likeness (QED) is 0.389. The predicted octanol–water partition coefficient (Wildman–Crippen LogP) is 4.99. The van der Waals surface area contributed by atoms with Gasteiger partial charge in [-0.1, -0.05) is 45.9 Å². The fourth-order valence-corrected chi connectivity index (χ4v) is 4.98. The summed E-state index contributed by atoms with van der Waals surface area (Å²) >= 11 is 0. The van der Waals surface area contributed by atoms with Crippen LogP contribution in [-0.2, 0) is 14.8 Å². The molecule has 200 valence electrons. The molecule has 0 aromatic heterocycles. The zero-order chi connectivity index (χ0) is 27.6. The average Bonchev–Trinajstić information content (AvgIpc) is 3.34. The third-order valence-electron chi connectivity index (χ3n) is 6.15. The number of carboxylic acids is 1. The van der Waals surface area contributed by atoms with Gasteiger partial charge in [0, 0.05) is 5.56 Å². The first kappa shape index (κ1) is 27.0. The van der Waals surface area contributed by atoms with Crippen LogP contribution >= 0.6 is 0 Å². The van der Waals surface area contributed by atoms with Crippen molar-refractivity contribution >= 4 is 21.9 Å². The maximum Gasteiger partial charge on any atom is 0.335 e. The fraction of sp³-hybridized carbons (Fsp3) is 0.286. The van der Waals surface area contributed by atoms with Crippen molar-refractivity contribution in [2.24, 2.45) is 0 Å². The van der Waals surface area contributed by atoms with Gasteiger partial charge in [-0.25, -0.2) is 17.9 Å². The smallest absolute Gasteiger partial charge is 0.335 e. The molecule has 2 N–H and O–H groups in total. The molecule has 0 aliphatic carbocycles. The van der Waals surface area contributed by atoms with Gasteiger partial charge in [-0.3, -0.25) is 4.79 Å². The largest absolute Gasteiger partial charge is 0.478 e. The second-order valence-electron chi connectivity index (χ2n) is 9.52. The van der Waals surface area contributed by atoms with Crippen molar-refractivity contribution in [3.8, 4) is 17.2 Å². The highest BCUT2D eigenvalue weighted by Crippen LogP contribution is 2.37. The molecule has 0 bridgehead atoms. The van der Waals surface area contributed by atoms with Crippen molar-refractivity contribution in [2.45, 2.75) is 50.5 Å². The van der Waals surface area contributed by atoms with E-state index in [9.17, 15) is 23.1 Å². The van der Waals surface area contributed by atoms with Crippen molar-refractivity contribution in [1.29, 1.82) is 0 Å². The molecule has 38 heavy (non-hydrogen) atoms. The third-order valence-corrected chi connectivity index (χ3v) is 7.52. The lowest BCUT2D eigenvalue weighted by Crippen LogP contribution is -2.37. The molecule has 1 unspecified atom stereocenters. The second-order valence-corrected chi connectivity index (χ2v) is 11.2. The highest BCUT2D eigenvalue weighted by atomic mass is 32.2. The van der Waals surface area contributed by atoms with Crippen LogP contribution in [0.15, 0.2) is 65.6 Å². The minimum atomic E-state index is -4.22. The van der Waals surface area contributed by atoms with E-state index in [1.54, 1.807) is 30.3 Å². The average molecular weight is 540 g/mol. The number of amides is 1. The fourth-order valence-electron chi connectivity index (χ4n) is 3.99. The summed E-state index contributed by atoms with van der Waals surface area (Å²) in [5.74, 6) is -0.824. The maximum absolute atomic E-state index is 13.5. The van der Waals surface area contributed by atoms with E-state index in [1.165, 1.54) is 30.3 Å². The lowest BCUT2D eigenvalue weighted by atomic mass is 9.99. The Bertz CT molecular complexity index is 1460. The van der Waals surface area contributed by atoms with Crippen molar-refractivity contribution in [3.05, 3.63) is 82.9 Å². The lowest BCUT2D eigenvalue weighted by molar-refractivity contribution is -0.126. The number of carbonyl (C=O) groups excluding carboxylic acids is 1. The van der Waals surface area contributed by atoms with Crippen molar-refractivity contribution < 1.29 is 37.3 Å². The highest BCUT2D eigenvalue weighted by molar-refractivity contribution is 7.90. The maximum atomic E-state index is 13.5. The van der Waals surface area contributed by atoms with Crippen LogP contribution in [0.1, 0.15) is 72.7 Å². The molecule has 1 heterocycles. The van der Waals surface area contributed by atoms with Gasteiger partial charge in [0.05, 0.1) is 10.5 Å². The summed E-state index contributed by atoms with van der Waals surface area (Å²) in [7, 11) is -4.22. The van der Waals surface area contributed by atoms with E-state index in [0.717, 1.165) is 5.56 Å². The molecular formula is C28H29NO8S. The van der Waals surface area contributed by atoms with Crippen LogP contribution in [0.5, 0.6) is 17.2 Å². The van der Waals surface area contributed by atoms with Crippen molar-refractivity contribution in [1.82, 2.24) is 4.72 Å². The van der Waals surface area contributed by atoms with Crippen molar-refractivity contribution in [2.75, 3.05) is 6.79 Å².